The Morgan fingerprint density at radius 2 is 1.88 bits per heavy atom. The van der Waals surface area contributed by atoms with Crippen molar-refractivity contribution >= 4 is 17.3 Å². The third-order valence-corrected chi connectivity index (χ3v) is 4.97. The van der Waals surface area contributed by atoms with Gasteiger partial charge in [0.05, 0.1) is 7.11 Å². The monoisotopic (exact) mass is 352 g/mol. The lowest BCUT2D eigenvalue weighted by atomic mass is 10.1. The van der Waals surface area contributed by atoms with Crippen LogP contribution in [0, 0.1) is 5.92 Å². The van der Waals surface area contributed by atoms with E-state index in [2.05, 4.69) is 41.4 Å². The van der Waals surface area contributed by atoms with Gasteiger partial charge in [-0.1, -0.05) is 19.1 Å². The van der Waals surface area contributed by atoms with Crippen LogP contribution in [0.4, 0.5) is 11.4 Å². The minimum Gasteiger partial charge on any atom is -0.497 e. The second kappa shape index (κ2) is 8.75. The summed E-state index contributed by atoms with van der Waals surface area (Å²) in [6, 6.07) is 16.2. The second-order valence-electron chi connectivity index (χ2n) is 7.14. The summed E-state index contributed by atoms with van der Waals surface area (Å²) in [5, 5.41) is 3.00. The lowest BCUT2D eigenvalue weighted by Crippen LogP contribution is -2.19. The average Bonchev–Trinajstić information content (AvgIpc) is 3.09. The van der Waals surface area contributed by atoms with Crippen LogP contribution in [-0.2, 0) is 11.2 Å². The summed E-state index contributed by atoms with van der Waals surface area (Å²) in [5.41, 5.74) is 3.34. The fraction of sp³-hybridized carbons (Fsp3) is 0.409. The Bertz CT molecular complexity index is 710. The highest BCUT2D eigenvalue weighted by molar-refractivity contribution is 5.90. The molecule has 1 saturated heterocycles. The van der Waals surface area contributed by atoms with Gasteiger partial charge in [-0.05, 0) is 67.1 Å². The number of hydrogen-bond acceptors (Lipinski definition) is 3. The Morgan fingerprint density at radius 3 is 2.50 bits per heavy atom. The number of nitrogens with one attached hydrogen (secondary N) is 1. The van der Waals surface area contributed by atoms with Crippen LogP contribution < -0.4 is 15.0 Å². The predicted molar refractivity (Wildman–Crippen MR) is 107 cm³/mol. The molecule has 1 N–H and O–H groups in total. The number of benzene rings is 2. The zero-order valence-electron chi connectivity index (χ0n) is 15.7. The van der Waals surface area contributed by atoms with Gasteiger partial charge in [-0.15, -0.1) is 0 Å². The molecule has 1 heterocycles. The summed E-state index contributed by atoms with van der Waals surface area (Å²) in [5.74, 6) is 1.69. The SMILES string of the molecule is COc1ccc(CCCC(=O)Nc2ccc(N3CCC(C)C3)cc2)cc1. The van der Waals surface area contributed by atoms with Gasteiger partial charge in [-0.2, -0.15) is 0 Å². The topological polar surface area (TPSA) is 41.6 Å². The van der Waals surface area contributed by atoms with E-state index in [0.29, 0.717) is 6.42 Å². The van der Waals surface area contributed by atoms with Gasteiger partial charge in [0.1, 0.15) is 5.75 Å². The second-order valence-corrected chi connectivity index (χ2v) is 7.14. The molecule has 1 aliphatic heterocycles. The zero-order valence-corrected chi connectivity index (χ0v) is 15.7. The van der Waals surface area contributed by atoms with E-state index < -0.39 is 0 Å². The normalized spacial score (nSPS) is 16.5. The largest absolute Gasteiger partial charge is 0.497 e. The molecule has 0 aliphatic carbocycles. The quantitative estimate of drug-likeness (QED) is 0.797. The third-order valence-electron chi connectivity index (χ3n) is 4.97. The Hall–Kier alpha value is -2.49. The number of amides is 1. The van der Waals surface area contributed by atoms with Crippen LogP contribution in [0.3, 0.4) is 0 Å². The molecule has 0 bridgehead atoms. The number of hydrogen-bond donors (Lipinski definition) is 1. The van der Waals surface area contributed by atoms with E-state index >= 15 is 0 Å². The molecule has 0 radical (unpaired) electrons. The van der Waals surface area contributed by atoms with Crippen LogP contribution in [0.25, 0.3) is 0 Å². The number of rotatable bonds is 7. The van der Waals surface area contributed by atoms with E-state index in [0.717, 1.165) is 43.3 Å². The molecular formula is C22H28N2O2. The molecule has 1 atom stereocenters. The fourth-order valence-electron chi connectivity index (χ4n) is 3.39. The van der Waals surface area contributed by atoms with Gasteiger partial charge in [0.2, 0.25) is 5.91 Å². The Kier molecular flexibility index (Phi) is 6.16. The van der Waals surface area contributed by atoms with Crippen LogP contribution in [0.1, 0.15) is 31.7 Å². The van der Waals surface area contributed by atoms with Gasteiger partial charge in [0.15, 0.2) is 0 Å². The molecule has 1 unspecified atom stereocenters. The lowest BCUT2D eigenvalue weighted by Gasteiger charge is -2.18. The first kappa shape index (κ1) is 18.3. The maximum Gasteiger partial charge on any atom is 0.224 e. The van der Waals surface area contributed by atoms with Crippen LogP contribution in [0.5, 0.6) is 5.75 Å². The molecule has 1 fully saturated rings. The Balaban J connectivity index is 1.42. The first-order valence-electron chi connectivity index (χ1n) is 9.42. The van der Waals surface area contributed by atoms with Gasteiger partial charge in [0.25, 0.3) is 0 Å². The number of carbonyl (C=O) groups excluding carboxylic acids is 1. The zero-order chi connectivity index (χ0) is 18.4. The van der Waals surface area contributed by atoms with Crippen molar-refractivity contribution in [1.82, 2.24) is 0 Å². The molecule has 138 valence electrons. The van der Waals surface area contributed by atoms with E-state index in [1.54, 1.807) is 7.11 Å². The number of carbonyl (C=O) groups is 1. The standard InChI is InChI=1S/C22H28N2O2/c1-17-14-15-24(16-17)20-10-8-19(9-11-20)23-22(25)5-3-4-18-6-12-21(26-2)13-7-18/h6-13,17H,3-5,14-16H2,1-2H3,(H,23,25). The van der Waals surface area contributed by atoms with Crippen molar-refractivity contribution < 1.29 is 9.53 Å². The number of anilines is 2. The van der Waals surface area contributed by atoms with E-state index in [-0.39, 0.29) is 5.91 Å². The van der Waals surface area contributed by atoms with E-state index in [1.165, 1.54) is 17.7 Å². The van der Waals surface area contributed by atoms with E-state index in [1.807, 2.05) is 24.3 Å². The summed E-state index contributed by atoms with van der Waals surface area (Å²) in [6.45, 7) is 4.54. The maximum atomic E-state index is 12.1. The molecule has 26 heavy (non-hydrogen) atoms. The van der Waals surface area contributed by atoms with Gasteiger partial charge in [-0.25, -0.2) is 0 Å². The highest BCUT2D eigenvalue weighted by Crippen LogP contribution is 2.24. The van der Waals surface area contributed by atoms with Gasteiger partial charge < -0.3 is 15.0 Å². The number of ether oxygens (including phenoxy) is 1. The molecule has 1 aliphatic rings. The van der Waals surface area contributed by atoms with Gasteiger partial charge in [0, 0.05) is 30.9 Å². The third kappa shape index (κ3) is 5.01. The lowest BCUT2D eigenvalue weighted by molar-refractivity contribution is -0.116. The van der Waals surface area contributed by atoms with Crippen molar-refractivity contribution in [3.05, 3.63) is 54.1 Å². The van der Waals surface area contributed by atoms with Crippen molar-refractivity contribution in [2.24, 2.45) is 5.92 Å². The molecule has 4 heteroatoms. The molecule has 2 aromatic carbocycles. The number of methoxy groups -OCH3 is 1. The first-order chi connectivity index (χ1) is 12.6. The maximum absolute atomic E-state index is 12.1. The molecule has 4 nitrogen and oxygen atoms in total. The molecule has 3 rings (SSSR count). The minimum absolute atomic E-state index is 0.0704. The molecular weight excluding hydrogens is 324 g/mol. The molecule has 0 saturated carbocycles. The van der Waals surface area contributed by atoms with Gasteiger partial charge >= 0.3 is 0 Å². The van der Waals surface area contributed by atoms with Crippen molar-refractivity contribution in [3.8, 4) is 5.75 Å². The summed E-state index contributed by atoms with van der Waals surface area (Å²) in [7, 11) is 1.66. The van der Waals surface area contributed by atoms with E-state index in [4.69, 9.17) is 4.74 Å². The molecule has 1 amide bonds. The first-order valence-corrected chi connectivity index (χ1v) is 9.42. The predicted octanol–water partition coefficient (Wildman–Crippen LogP) is 4.50. The Morgan fingerprint density at radius 1 is 1.15 bits per heavy atom. The fourth-order valence-corrected chi connectivity index (χ4v) is 3.39. The van der Waals surface area contributed by atoms with Crippen molar-refractivity contribution in [3.63, 3.8) is 0 Å². The van der Waals surface area contributed by atoms with Crippen LogP contribution in [0.2, 0.25) is 0 Å². The Labute approximate surface area is 156 Å². The van der Waals surface area contributed by atoms with E-state index in [9.17, 15) is 4.79 Å². The van der Waals surface area contributed by atoms with Gasteiger partial charge in [-0.3, -0.25) is 4.79 Å². The average molecular weight is 352 g/mol. The molecule has 0 aromatic heterocycles. The van der Waals surface area contributed by atoms with Crippen LogP contribution >= 0.6 is 0 Å². The summed E-state index contributed by atoms with van der Waals surface area (Å²) < 4.78 is 5.16. The molecule has 2 aromatic rings. The summed E-state index contributed by atoms with van der Waals surface area (Å²) in [6.07, 6.45) is 3.51. The number of aryl methyl sites for hydroxylation is 1. The summed E-state index contributed by atoms with van der Waals surface area (Å²) in [4.78, 5) is 14.6. The van der Waals surface area contributed by atoms with Crippen LogP contribution in [0.15, 0.2) is 48.5 Å². The minimum atomic E-state index is 0.0704. The molecule has 0 spiro atoms. The van der Waals surface area contributed by atoms with Crippen molar-refractivity contribution in [2.45, 2.75) is 32.6 Å². The smallest absolute Gasteiger partial charge is 0.224 e. The highest BCUT2D eigenvalue weighted by Gasteiger charge is 2.18. The highest BCUT2D eigenvalue weighted by atomic mass is 16.5. The van der Waals surface area contributed by atoms with Crippen molar-refractivity contribution in [2.75, 3.05) is 30.4 Å². The summed E-state index contributed by atoms with van der Waals surface area (Å²) >= 11 is 0. The van der Waals surface area contributed by atoms with Crippen molar-refractivity contribution in [1.29, 1.82) is 0 Å². The van der Waals surface area contributed by atoms with Crippen LogP contribution in [-0.4, -0.2) is 26.1 Å². The number of nitrogens with zero attached hydrogens (tertiary/aromatic N) is 1.